The first-order valence-corrected chi connectivity index (χ1v) is 10.8. The molecule has 2 N–H and O–H groups in total. The van der Waals surface area contributed by atoms with E-state index >= 15 is 0 Å². The lowest BCUT2D eigenvalue weighted by Gasteiger charge is -2.10. The topological polar surface area (TPSA) is 94.0 Å². The molecule has 0 aliphatic heterocycles. The van der Waals surface area contributed by atoms with Crippen LogP contribution in [-0.2, 0) is 24.7 Å². The highest BCUT2D eigenvalue weighted by atomic mass is 19.4. The van der Waals surface area contributed by atoms with Gasteiger partial charge in [-0.25, -0.2) is 9.97 Å². The summed E-state index contributed by atoms with van der Waals surface area (Å²) >= 11 is 0. The highest BCUT2D eigenvalue weighted by Gasteiger charge is 2.31. The molecular formula is C24H23F3N6O2. The minimum absolute atomic E-state index is 0.137. The highest BCUT2D eigenvalue weighted by Crippen LogP contribution is 2.29. The van der Waals surface area contributed by atoms with Gasteiger partial charge in [0.05, 0.1) is 17.6 Å². The lowest BCUT2D eigenvalue weighted by atomic mass is 10.0. The molecule has 2 aromatic carbocycles. The molecule has 35 heavy (non-hydrogen) atoms. The van der Waals surface area contributed by atoms with Gasteiger partial charge < -0.3 is 15.4 Å². The standard InChI is InChI=1S/C24H23F3N6O2/c1-4-15-10-16(11-17-13-29-23(28-2)31-22(15)17)19-12-20(32-33(19)3)30-21(34)9-14-6-5-7-18(8-14)35-24(25,26)27/h5-8,10-13H,4,9H2,1-3H3,(H,28,29,31)(H,30,32,34). The molecule has 0 radical (unpaired) electrons. The molecule has 2 heterocycles. The Morgan fingerprint density at radius 1 is 1.17 bits per heavy atom. The summed E-state index contributed by atoms with van der Waals surface area (Å²) in [4.78, 5) is 21.4. The Morgan fingerprint density at radius 2 is 1.97 bits per heavy atom. The van der Waals surface area contributed by atoms with E-state index in [-0.39, 0.29) is 12.2 Å². The van der Waals surface area contributed by atoms with Crippen LogP contribution >= 0.6 is 0 Å². The number of carbonyl (C=O) groups excluding carboxylic acids is 1. The molecule has 4 rings (SSSR count). The molecule has 0 atom stereocenters. The second-order valence-electron chi connectivity index (χ2n) is 7.83. The van der Waals surface area contributed by atoms with Gasteiger partial charge in [0.1, 0.15) is 5.75 Å². The minimum Gasteiger partial charge on any atom is -0.406 e. The Balaban J connectivity index is 1.54. The summed E-state index contributed by atoms with van der Waals surface area (Å²) in [6.07, 6.45) is -2.41. The van der Waals surface area contributed by atoms with Gasteiger partial charge in [0, 0.05) is 37.3 Å². The third kappa shape index (κ3) is 5.68. The maximum Gasteiger partial charge on any atom is 0.573 e. The van der Waals surface area contributed by atoms with Crippen LogP contribution < -0.4 is 15.4 Å². The zero-order chi connectivity index (χ0) is 25.2. The molecule has 8 nitrogen and oxygen atoms in total. The van der Waals surface area contributed by atoms with E-state index in [1.165, 1.54) is 18.2 Å². The van der Waals surface area contributed by atoms with Gasteiger partial charge in [-0.05, 0) is 41.8 Å². The fraction of sp³-hybridized carbons (Fsp3) is 0.250. The lowest BCUT2D eigenvalue weighted by Crippen LogP contribution is -2.18. The van der Waals surface area contributed by atoms with Gasteiger partial charge in [0.2, 0.25) is 11.9 Å². The summed E-state index contributed by atoms with van der Waals surface area (Å²) in [6.45, 7) is 2.04. The van der Waals surface area contributed by atoms with Crippen LogP contribution in [0.25, 0.3) is 22.2 Å². The molecule has 0 aliphatic carbocycles. The van der Waals surface area contributed by atoms with Gasteiger partial charge in [-0.3, -0.25) is 9.48 Å². The summed E-state index contributed by atoms with van der Waals surface area (Å²) in [5.74, 6) is 0.0763. The Kier molecular flexibility index (Phi) is 6.59. The second kappa shape index (κ2) is 9.61. The Hall–Kier alpha value is -4.15. The fourth-order valence-electron chi connectivity index (χ4n) is 3.78. The zero-order valence-corrected chi connectivity index (χ0v) is 19.3. The third-order valence-corrected chi connectivity index (χ3v) is 5.31. The number of ether oxygens (including phenoxy) is 1. The molecule has 2 aromatic heterocycles. The number of nitrogens with one attached hydrogen (secondary N) is 2. The van der Waals surface area contributed by atoms with Crippen LogP contribution in [-0.4, -0.2) is 39.1 Å². The number of aryl methyl sites for hydroxylation is 2. The molecule has 182 valence electrons. The maximum absolute atomic E-state index is 12.5. The SMILES string of the molecule is CCc1cc(-c2cc(NC(=O)Cc3cccc(OC(F)(F)F)c3)nn2C)cc2cnc(NC)nc12. The molecule has 0 spiro atoms. The van der Waals surface area contributed by atoms with E-state index in [2.05, 4.69) is 30.4 Å². The van der Waals surface area contributed by atoms with Crippen molar-refractivity contribution in [3.8, 4) is 17.0 Å². The number of amides is 1. The quantitative estimate of drug-likeness (QED) is 0.395. The Bertz CT molecular complexity index is 1380. The van der Waals surface area contributed by atoms with E-state index < -0.39 is 12.3 Å². The summed E-state index contributed by atoms with van der Waals surface area (Å²) in [5, 5.41) is 10.9. The molecule has 4 aromatic rings. The number of fused-ring (bicyclic) bond motifs is 1. The van der Waals surface area contributed by atoms with Crippen LogP contribution in [0.2, 0.25) is 0 Å². The first-order valence-electron chi connectivity index (χ1n) is 10.8. The fourth-order valence-corrected chi connectivity index (χ4v) is 3.78. The average molecular weight is 484 g/mol. The van der Waals surface area contributed by atoms with Gasteiger partial charge >= 0.3 is 6.36 Å². The number of hydrogen-bond donors (Lipinski definition) is 2. The first-order chi connectivity index (χ1) is 16.6. The van der Waals surface area contributed by atoms with Crippen LogP contribution in [0.4, 0.5) is 24.9 Å². The molecule has 0 unspecified atom stereocenters. The van der Waals surface area contributed by atoms with E-state index in [4.69, 9.17) is 0 Å². The van der Waals surface area contributed by atoms with Crippen LogP contribution in [0.3, 0.4) is 0 Å². The van der Waals surface area contributed by atoms with Crippen molar-refractivity contribution < 1.29 is 22.7 Å². The Labute approximate surface area is 199 Å². The molecule has 11 heteroatoms. The minimum atomic E-state index is -4.80. The van der Waals surface area contributed by atoms with E-state index in [0.29, 0.717) is 17.3 Å². The first kappa shape index (κ1) is 24.0. The van der Waals surface area contributed by atoms with E-state index in [1.807, 2.05) is 19.1 Å². The number of nitrogens with zero attached hydrogens (tertiary/aromatic N) is 4. The molecule has 0 fully saturated rings. The van der Waals surface area contributed by atoms with Crippen molar-refractivity contribution >= 4 is 28.6 Å². The van der Waals surface area contributed by atoms with Gasteiger partial charge in [-0.1, -0.05) is 19.1 Å². The molecular weight excluding hydrogens is 461 g/mol. The number of rotatable bonds is 7. The summed E-state index contributed by atoms with van der Waals surface area (Å²) in [5.41, 5.74) is 3.95. The predicted octanol–water partition coefficient (Wildman–Crippen LogP) is 4.71. The van der Waals surface area contributed by atoms with Crippen molar-refractivity contribution in [2.75, 3.05) is 17.7 Å². The van der Waals surface area contributed by atoms with Crippen LogP contribution in [0.15, 0.2) is 48.7 Å². The smallest absolute Gasteiger partial charge is 0.406 e. The number of benzene rings is 2. The summed E-state index contributed by atoms with van der Waals surface area (Å²) in [6, 6.07) is 11.0. The zero-order valence-electron chi connectivity index (χ0n) is 19.3. The maximum atomic E-state index is 12.5. The largest absolute Gasteiger partial charge is 0.573 e. The second-order valence-corrected chi connectivity index (χ2v) is 7.83. The number of aromatic nitrogens is 4. The van der Waals surface area contributed by atoms with Crippen LogP contribution in [0.5, 0.6) is 5.75 Å². The predicted molar refractivity (Wildman–Crippen MR) is 126 cm³/mol. The molecule has 1 amide bonds. The number of halogens is 3. The van der Waals surface area contributed by atoms with Crippen LogP contribution in [0, 0.1) is 0 Å². The van der Waals surface area contributed by atoms with Gasteiger partial charge in [-0.15, -0.1) is 13.2 Å². The lowest BCUT2D eigenvalue weighted by molar-refractivity contribution is -0.274. The molecule has 0 saturated heterocycles. The normalized spacial score (nSPS) is 11.5. The number of anilines is 2. The van der Waals surface area contributed by atoms with Gasteiger partial charge in [0.25, 0.3) is 0 Å². The van der Waals surface area contributed by atoms with E-state index in [0.717, 1.165) is 34.1 Å². The van der Waals surface area contributed by atoms with Crippen molar-refractivity contribution in [1.29, 1.82) is 0 Å². The van der Waals surface area contributed by atoms with Crippen molar-refractivity contribution in [2.24, 2.45) is 7.05 Å². The molecule has 0 aliphatic rings. The van der Waals surface area contributed by atoms with Gasteiger partial charge in [0.15, 0.2) is 5.82 Å². The summed E-state index contributed by atoms with van der Waals surface area (Å²) in [7, 11) is 3.53. The Morgan fingerprint density at radius 3 is 2.69 bits per heavy atom. The van der Waals surface area contributed by atoms with Crippen molar-refractivity contribution in [1.82, 2.24) is 19.7 Å². The molecule has 0 saturated carbocycles. The number of carbonyl (C=O) groups is 1. The monoisotopic (exact) mass is 484 g/mol. The number of alkyl halides is 3. The van der Waals surface area contributed by atoms with Crippen LogP contribution in [0.1, 0.15) is 18.1 Å². The van der Waals surface area contributed by atoms with E-state index in [9.17, 15) is 18.0 Å². The van der Waals surface area contributed by atoms with E-state index in [1.54, 1.807) is 37.1 Å². The van der Waals surface area contributed by atoms with Crippen molar-refractivity contribution in [3.63, 3.8) is 0 Å². The number of hydrogen-bond acceptors (Lipinski definition) is 6. The highest BCUT2D eigenvalue weighted by molar-refractivity contribution is 5.92. The summed E-state index contributed by atoms with van der Waals surface area (Å²) < 4.78 is 42.9. The third-order valence-electron chi connectivity index (χ3n) is 5.31. The average Bonchev–Trinajstić information content (AvgIpc) is 3.16. The molecule has 0 bridgehead atoms. The van der Waals surface area contributed by atoms with Crippen molar-refractivity contribution in [3.05, 3.63) is 59.8 Å². The van der Waals surface area contributed by atoms with Gasteiger partial charge in [-0.2, -0.15) is 5.10 Å². The van der Waals surface area contributed by atoms with Crippen molar-refractivity contribution in [2.45, 2.75) is 26.1 Å².